The zero-order valence-electron chi connectivity index (χ0n) is 8.70. The predicted octanol–water partition coefficient (Wildman–Crippen LogP) is -2.62. The maximum Gasteiger partial charge on any atom is 2.00 e. The normalized spacial score (nSPS) is 16.4. The van der Waals surface area contributed by atoms with E-state index in [2.05, 4.69) is 6.92 Å². The van der Waals surface area contributed by atoms with Crippen LogP contribution in [0.5, 0.6) is 0 Å². The van der Waals surface area contributed by atoms with Crippen molar-refractivity contribution in [2.24, 2.45) is 5.92 Å². The Kier molecular flexibility index (Phi) is 21.3. The standard InChI is InChI=1S/C10H20.2BrH.Mg/c1-2-3-7-10-8-5-4-6-9-10;;;/h10H,2-9H2,1H3;2*1H;/q;;;+2/p-2. The summed E-state index contributed by atoms with van der Waals surface area (Å²) < 4.78 is 0. The fourth-order valence-corrected chi connectivity index (χ4v) is 1.97. The van der Waals surface area contributed by atoms with Gasteiger partial charge in [-0.15, -0.1) is 0 Å². The maximum atomic E-state index is 2.29. The van der Waals surface area contributed by atoms with E-state index in [0.717, 1.165) is 5.92 Å². The van der Waals surface area contributed by atoms with Crippen LogP contribution < -0.4 is 34.0 Å². The largest absolute Gasteiger partial charge is 2.00 e. The third kappa shape index (κ3) is 10.0. The summed E-state index contributed by atoms with van der Waals surface area (Å²) in [5.74, 6) is 1.11. The van der Waals surface area contributed by atoms with Gasteiger partial charge in [-0.2, -0.15) is 0 Å². The second kappa shape index (κ2) is 13.7. The molecule has 1 aliphatic rings. The van der Waals surface area contributed by atoms with Gasteiger partial charge in [0.2, 0.25) is 0 Å². The predicted molar refractivity (Wildman–Crippen MR) is 51.9 cm³/mol. The molecule has 0 aromatic heterocycles. The number of hydrogen-bond acceptors (Lipinski definition) is 0. The first-order chi connectivity index (χ1) is 4.93. The van der Waals surface area contributed by atoms with Crippen LogP contribution in [0.2, 0.25) is 0 Å². The molecule has 3 heteroatoms. The number of halogens is 2. The Bertz CT molecular complexity index is 83.0. The molecule has 0 bridgehead atoms. The first kappa shape index (κ1) is 20.2. The van der Waals surface area contributed by atoms with E-state index >= 15 is 0 Å². The van der Waals surface area contributed by atoms with Crippen LogP contribution in [0.1, 0.15) is 58.3 Å². The van der Waals surface area contributed by atoms with Gasteiger partial charge >= 0.3 is 23.1 Å². The van der Waals surface area contributed by atoms with Gasteiger partial charge in [-0.3, -0.25) is 0 Å². The van der Waals surface area contributed by atoms with Gasteiger partial charge in [0, 0.05) is 0 Å². The van der Waals surface area contributed by atoms with Gasteiger partial charge in [0.25, 0.3) is 0 Å². The van der Waals surface area contributed by atoms with E-state index in [1.807, 2.05) is 0 Å². The van der Waals surface area contributed by atoms with Crippen LogP contribution in [0, 0.1) is 5.92 Å². The Hall–Kier alpha value is 1.73. The molecule has 0 heterocycles. The Morgan fingerprint density at radius 2 is 1.54 bits per heavy atom. The van der Waals surface area contributed by atoms with Gasteiger partial charge in [-0.25, -0.2) is 0 Å². The van der Waals surface area contributed by atoms with Crippen molar-refractivity contribution in [1.29, 1.82) is 0 Å². The number of unbranched alkanes of at least 4 members (excludes halogenated alkanes) is 1. The van der Waals surface area contributed by atoms with Crippen molar-refractivity contribution in [3.05, 3.63) is 0 Å². The summed E-state index contributed by atoms with van der Waals surface area (Å²) in [5, 5.41) is 0. The molecule has 76 valence electrons. The van der Waals surface area contributed by atoms with Crippen LogP contribution in [0.15, 0.2) is 0 Å². The summed E-state index contributed by atoms with van der Waals surface area (Å²) in [4.78, 5) is 0. The molecule has 0 radical (unpaired) electrons. The smallest absolute Gasteiger partial charge is 1.00 e. The molecule has 0 amide bonds. The van der Waals surface area contributed by atoms with Crippen molar-refractivity contribution in [2.75, 3.05) is 0 Å². The summed E-state index contributed by atoms with van der Waals surface area (Å²) in [6, 6.07) is 0. The molecule has 1 rings (SSSR count). The van der Waals surface area contributed by atoms with Crippen molar-refractivity contribution >= 4 is 23.1 Å². The van der Waals surface area contributed by atoms with Crippen molar-refractivity contribution in [3.8, 4) is 0 Å². The van der Waals surface area contributed by atoms with Crippen LogP contribution in [-0.4, -0.2) is 23.1 Å². The first-order valence-electron chi connectivity index (χ1n) is 4.93. The molecule has 0 N–H and O–H groups in total. The third-order valence-electron chi connectivity index (χ3n) is 2.69. The topological polar surface area (TPSA) is 0 Å². The van der Waals surface area contributed by atoms with E-state index in [0.29, 0.717) is 0 Å². The molecule has 0 spiro atoms. The first-order valence-corrected chi connectivity index (χ1v) is 4.93. The van der Waals surface area contributed by atoms with E-state index in [1.54, 1.807) is 0 Å². The van der Waals surface area contributed by atoms with Crippen LogP contribution in [-0.2, 0) is 0 Å². The summed E-state index contributed by atoms with van der Waals surface area (Å²) in [7, 11) is 0. The SMILES string of the molecule is CCCCC1CCCCC1.[Br-].[Br-].[Mg+2]. The number of hydrogen-bond donors (Lipinski definition) is 0. The van der Waals surface area contributed by atoms with Gasteiger partial charge in [-0.05, 0) is 5.92 Å². The minimum Gasteiger partial charge on any atom is -1.00 e. The molecule has 0 aliphatic heterocycles. The Labute approximate surface area is 120 Å². The van der Waals surface area contributed by atoms with Crippen molar-refractivity contribution in [3.63, 3.8) is 0 Å². The Morgan fingerprint density at radius 1 is 1.00 bits per heavy atom. The minimum atomic E-state index is 0. The fourth-order valence-electron chi connectivity index (χ4n) is 1.97. The van der Waals surface area contributed by atoms with Crippen molar-refractivity contribution in [2.45, 2.75) is 58.3 Å². The van der Waals surface area contributed by atoms with E-state index in [1.165, 1.54) is 51.4 Å². The summed E-state index contributed by atoms with van der Waals surface area (Å²) in [6.45, 7) is 2.29. The second-order valence-electron chi connectivity index (χ2n) is 3.65. The van der Waals surface area contributed by atoms with Crippen LogP contribution in [0.25, 0.3) is 0 Å². The van der Waals surface area contributed by atoms with E-state index in [4.69, 9.17) is 0 Å². The van der Waals surface area contributed by atoms with Gasteiger partial charge in [0.05, 0.1) is 0 Å². The van der Waals surface area contributed by atoms with Crippen LogP contribution >= 0.6 is 0 Å². The van der Waals surface area contributed by atoms with Gasteiger partial charge in [-0.1, -0.05) is 58.3 Å². The molecule has 0 aromatic carbocycles. The average molecular weight is 324 g/mol. The zero-order chi connectivity index (χ0) is 7.23. The molecule has 13 heavy (non-hydrogen) atoms. The molecule has 1 saturated carbocycles. The minimum absolute atomic E-state index is 0. The molecule has 0 saturated heterocycles. The second-order valence-corrected chi connectivity index (χ2v) is 3.65. The fraction of sp³-hybridized carbons (Fsp3) is 1.00. The molecular weight excluding hydrogens is 304 g/mol. The zero-order valence-corrected chi connectivity index (χ0v) is 13.3. The Morgan fingerprint density at radius 3 is 2.00 bits per heavy atom. The molecule has 1 fully saturated rings. The molecule has 1 aliphatic carbocycles. The monoisotopic (exact) mass is 322 g/mol. The Balaban J connectivity index is -0.000000333. The van der Waals surface area contributed by atoms with Crippen LogP contribution in [0.4, 0.5) is 0 Å². The van der Waals surface area contributed by atoms with Gasteiger partial charge in [0.15, 0.2) is 0 Å². The average Bonchev–Trinajstić information content (AvgIpc) is 2.03. The van der Waals surface area contributed by atoms with E-state index in [9.17, 15) is 0 Å². The molecule has 0 aromatic rings. The quantitative estimate of drug-likeness (QED) is 0.499. The summed E-state index contributed by atoms with van der Waals surface area (Å²) in [5.41, 5.74) is 0. The molecular formula is C10H20Br2Mg. The molecule has 0 nitrogen and oxygen atoms in total. The van der Waals surface area contributed by atoms with Crippen molar-refractivity contribution < 1.29 is 34.0 Å². The molecule has 0 atom stereocenters. The molecule has 0 unspecified atom stereocenters. The number of rotatable bonds is 3. The van der Waals surface area contributed by atoms with Gasteiger partial charge in [0.1, 0.15) is 0 Å². The van der Waals surface area contributed by atoms with E-state index < -0.39 is 0 Å². The van der Waals surface area contributed by atoms with Crippen molar-refractivity contribution in [1.82, 2.24) is 0 Å². The summed E-state index contributed by atoms with van der Waals surface area (Å²) >= 11 is 0. The van der Waals surface area contributed by atoms with Gasteiger partial charge < -0.3 is 34.0 Å². The third-order valence-corrected chi connectivity index (χ3v) is 2.69. The maximum absolute atomic E-state index is 2.29. The summed E-state index contributed by atoms with van der Waals surface area (Å²) in [6.07, 6.45) is 11.9. The van der Waals surface area contributed by atoms with E-state index in [-0.39, 0.29) is 57.0 Å². The van der Waals surface area contributed by atoms with Crippen LogP contribution in [0.3, 0.4) is 0 Å².